The second-order valence-electron chi connectivity index (χ2n) is 4.36. The highest BCUT2D eigenvalue weighted by Crippen LogP contribution is 2.16. The first kappa shape index (κ1) is 12.8. The van der Waals surface area contributed by atoms with Crippen LogP contribution in [0.15, 0.2) is 29.6 Å². The quantitative estimate of drug-likeness (QED) is 0.920. The molecule has 0 aliphatic carbocycles. The third-order valence-electron chi connectivity index (χ3n) is 2.71. The molecule has 1 aromatic carbocycles. The predicted octanol–water partition coefficient (Wildman–Crippen LogP) is 3.25. The first-order valence-corrected chi connectivity index (χ1v) is 6.74. The first-order valence-electron chi connectivity index (χ1n) is 5.86. The van der Waals surface area contributed by atoms with Gasteiger partial charge in [-0.25, -0.2) is 4.98 Å². The molecule has 0 bridgehead atoms. The molecule has 94 valence electrons. The number of nitrogens with one attached hydrogen (secondary N) is 1. The van der Waals surface area contributed by atoms with Crippen molar-refractivity contribution >= 4 is 17.2 Å². The molecule has 2 rings (SSSR count). The molecule has 0 spiro atoms. The summed E-state index contributed by atoms with van der Waals surface area (Å²) < 4.78 is 0. The average molecular weight is 260 g/mol. The predicted molar refractivity (Wildman–Crippen MR) is 73.9 cm³/mol. The topological polar surface area (TPSA) is 42.0 Å². The van der Waals surface area contributed by atoms with Crippen molar-refractivity contribution in [3.05, 3.63) is 51.5 Å². The number of benzene rings is 1. The Bertz CT molecular complexity index is 562. The highest BCUT2D eigenvalue weighted by Gasteiger charge is 2.13. The molecule has 18 heavy (non-hydrogen) atoms. The third-order valence-corrected chi connectivity index (χ3v) is 3.50. The molecule has 4 heteroatoms. The molecule has 1 N–H and O–H groups in total. The molecule has 0 aliphatic rings. The molecule has 0 aliphatic heterocycles. The number of carbonyl (C=O) groups excluding carboxylic acids is 1. The SMILES string of the molecule is Cc1cccc(C(=O)NC(C)c2csc(C)n2)c1. The van der Waals surface area contributed by atoms with Gasteiger partial charge in [-0.3, -0.25) is 4.79 Å². The van der Waals surface area contributed by atoms with Crippen molar-refractivity contribution in [2.45, 2.75) is 26.8 Å². The summed E-state index contributed by atoms with van der Waals surface area (Å²) in [5.41, 5.74) is 2.69. The highest BCUT2D eigenvalue weighted by molar-refractivity contribution is 7.09. The van der Waals surface area contributed by atoms with E-state index in [9.17, 15) is 4.79 Å². The number of thiazole rings is 1. The minimum absolute atomic E-state index is 0.0585. The normalized spacial score (nSPS) is 12.2. The lowest BCUT2D eigenvalue weighted by molar-refractivity contribution is 0.0939. The fourth-order valence-corrected chi connectivity index (χ4v) is 2.43. The van der Waals surface area contributed by atoms with Gasteiger partial charge < -0.3 is 5.32 Å². The second kappa shape index (κ2) is 5.31. The number of rotatable bonds is 3. The monoisotopic (exact) mass is 260 g/mol. The maximum atomic E-state index is 12.1. The maximum Gasteiger partial charge on any atom is 0.251 e. The van der Waals surface area contributed by atoms with Crippen LogP contribution in [0.5, 0.6) is 0 Å². The lowest BCUT2D eigenvalue weighted by Crippen LogP contribution is -2.26. The van der Waals surface area contributed by atoms with Gasteiger partial charge in [-0.2, -0.15) is 0 Å². The Morgan fingerprint density at radius 3 is 2.78 bits per heavy atom. The van der Waals surface area contributed by atoms with Crippen LogP contribution in [-0.2, 0) is 0 Å². The number of amides is 1. The van der Waals surface area contributed by atoms with Crippen molar-refractivity contribution in [2.75, 3.05) is 0 Å². The Kier molecular flexibility index (Phi) is 3.77. The molecule has 1 aromatic heterocycles. The number of aryl methyl sites for hydroxylation is 2. The Hall–Kier alpha value is -1.68. The zero-order valence-electron chi connectivity index (χ0n) is 10.7. The van der Waals surface area contributed by atoms with E-state index in [1.807, 2.05) is 50.4 Å². The number of carbonyl (C=O) groups is 1. The number of hydrogen-bond donors (Lipinski definition) is 1. The number of hydrogen-bond acceptors (Lipinski definition) is 3. The summed E-state index contributed by atoms with van der Waals surface area (Å²) in [7, 11) is 0. The summed E-state index contributed by atoms with van der Waals surface area (Å²) in [5.74, 6) is -0.0585. The zero-order valence-corrected chi connectivity index (χ0v) is 11.5. The molecule has 0 saturated carbocycles. The summed E-state index contributed by atoms with van der Waals surface area (Å²) >= 11 is 1.60. The van der Waals surface area contributed by atoms with Gasteiger partial charge in [0.1, 0.15) is 0 Å². The van der Waals surface area contributed by atoms with E-state index in [0.29, 0.717) is 5.56 Å². The smallest absolute Gasteiger partial charge is 0.251 e. The molecular formula is C14H16N2OS. The van der Waals surface area contributed by atoms with E-state index in [-0.39, 0.29) is 11.9 Å². The van der Waals surface area contributed by atoms with Crippen molar-refractivity contribution in [2.24, 2.45) is 0 Å². The summed E-state index contributed by atoms with van der Waals surface area (Å²) in [5, 5.41) is 5.96. The Morgan fingerprint density at radius 2 is 2.17 bits per heavy atom. The lowest BCUT2D eigenvalue weighted by atomic mass is 10.1. The van der Waals surface area contributed by atoms with Crippen LogP contribution in [0.4, 0.5) is 0 Å². The first-order chi connectivity index (χ1) is 8.56. The van der Waals surface area contributed by atoms with Crippen LogP contribution in [0.3, 0.4) is 0 Å². The van der Waals surface area contributed by atoms with Crippen molar-refractivity contribution in [3.63, 3.8) is 0 Å². The van der Waals surface area contributed by atoms with Gasteiger partial charge in [0.25, 0.3) is 5.91 Å². The minimum atomic E-state index is -0.0667. The molecular weight excluding hydrogens is 244 g/mol. The third kappa shape index (κ3) is 2.96. The Labute approximate surface area is 111 Å². The molecule has 2 aromatic rings. The highest BCUT2D eigenvalue weighted by atomic mass is 32.1. The fourth-order valence-electron chi connectivity index (χ4n) is 1.72. The molecule has 1 unspecified atom stereocenters. The van der Waals surface area contributed by atoms with E-state index in [1.165, 1.54) is 0 Å². The molecule has 0 radical (unpaired) electrons. The van der Waals surface area contributed by atoms with Crippen molar-refractivity contribution in [3.8, 4) is 0 Å². The van der Waals surface area contributed by atoms with E-state index >= 15 is 0 Å². The molecule has 0 fully saturated rings. The summed E-state index contributed by atoms with van der Waals surface area (Å²) in [6.45, 7) is 5.88. The summed E-state index contributed by atoms with van der Waals surface area (Å²) in [6.07, 6.45) is 0. The van der Waals surface area contributed by atoms with Crippen molar-refractivity contribution in [1.82, 2.24) is 10.3 Å². The van der Waals surface area contributed by atoms with Gasteiger partial charge in [0.15, 0.2) is 0 Å². The van der Waals surface area contributed by atoms with E-state index in [4.69, 9.17) is 0 Å². The van der Waals surface area contributed by atoms with Crippen molar-refractivity contribution < 1.29 is 4.79 Å². The average Bonchev–Trinajstić information content (AvgIpc) is 2.76. The maximum absolute atomic E-state index is 12.1. The second-order valence-corrected chi connectivity index (χ2v) is 5.42. The van der Waals surface area contributed by atoms with E-state index in [2.05, 4.69) is 10.3 Å². The van der Waals surface area contributed by atoms with Crippen LogP contribution in [0, 0.1) is 13.8 Å². The Balaban J connectivity index is 2.08. The number of aromatic nitrogens is 1. The van der Waals surface area contributed by atoms with E-state index < -0.39 is 0 Å². The van der Waals surface area contributed by atoms with Crippen LogP contribution < -0.4 is 5.32 Å². The van der Waals surface area contributed by atoms with Gasteiger partial charge >= 0.3 is 0 Å². The van der Waals surface area contributed by atoms with Gasteiger partial charge in [-0.05, 0) is 32.9 Å². The van der Waals surface area contributed by atoms with E-state index in [1.54, 1.807) is 11.3 Å². The van der Waals surface area contributed by atoms with Crippen LogP contribution in [0.1, 0.15) is 39.6 Å². The van der Waals surface area contributed by atoms with E-state index in [0.717, 1.165) is 16.3 Å². The van der Waals surface area contributed by atoms with Crippen LogP contribution in [0.25, 0.3) is 0 Å². The minimum Gasteiger partial charge on any atom is -0.344 e. The summed E-state index contributed by atoms with van der Waals surface area (Å²) in [6, 6.07) is 7.50. The van der Waals surface area contributed by atoms with Gasteiger partial charge in [-0.15, -0.1) is 11.3 Å². The zero-order chi connectivity index (χ0) is 13.1. The largest absolute Gasteiger partial charge is 0.344 e. The van der Waals surface area contributed by atoms with Crippen LogP contribution in [0.2, 0.25) is 0 Å². The van der Waals surface area contributed by atoms with Crippen LogP contribution in [-0.4, -0.2) is 10.9 Å². The van der Waals surface area contributed by atoms with Crippen LogP contribution >= 0.6 is 11.3 Å². The molecule has 0 saturated heterocycles. The Morgan fingerprint density at radius 1 is 1.39 bits per heavy atom. The molecule has 1 atom stereocenters. The van der Waals surface area contributed by atoms with Crippen molar-refractivity contribution in [1.29, 1.82) is 0 Å². The van der Waals surface area contributed by atoms with Gasteiger partial charge in [0.05, 0.1) is 16.7 Å². The number of nitrogens with zero attached hydrogens (tertiary/aromatic N) is 1. The van der Waals surface area contributed by atoms with Gasteiger partial charge in [0, 0.05) is 10.9 Å². The molecule has 1 amide bonds. The fraction of sp³-hybridized carbons (Fsp3) is 0.286. The summed E-state index contributed by atoms with van der Waals surface area (Å²) in [4.78, 5) is 16.4. The standard InChI is InChI=1S/C14H16N2OS/c1-9-5-4-6-12(7-9)14(17)15-10(2)13-8-18-11(3)16-13/h4-8,10H,1-3H3,(H,15,17). The van der Waals surface area contributed by atoms with Gasteiger partial charge in [-0.1, -0.05) is 17.7 Å². The van der Waals surface area contributed by atoms with Gasteiger partial charge in [0.2, 0.25) is 0 Å². The lowest BCUT2D eigenvalue weighted by Gasteiger charge is -2.11. The molecule has 1 heterocycles. The molecule has 3 nitrogen and oxygen atoms in total.